The van der Waals surface area contributed by atoms with Crippen molar-refractivity contribution in [1.82, 2.24) is 0 Å². The topological polar surface area (TPSA) is 20.2 Å². The van der Waals surface area contributed by atoms with E-state index in [-0.39, 0.29) is 11.5 Å². The van der Waals surface area contributed by atoms with Crippen molar-refractivity contribution in [3.8, 4) is 0 Å². The van der Waals surface area contributed by atoms with Crippen molar-refractivity contribution in [2.75, 3.05) is 0 Å². The van der Waals surface area contributed by atoms with Gasteiger partial charge in [0.2, 0.25) is 0 Å². The maximum Gasteiger partial charge on any atom is 0.129 e. The van der Waals surface area contributed by atoms with Crippen LogP contribution in [0.3, 0.4) is 0 Å². The number of rotatable bonds is 2. The minimum atomic E-state index is -0.858. The predicted molar refractivity (Wildman–Crippen MR) is 53.3 cm³/mol. The van der Waals surface area contributed by atoms with Gasteiger partial charge in [0.1, 0.15) is 11.6 Å². The number of hydrogen-bond acceptors (Lipinski definition) is 1. The van der Waals surface area contributed by atoms with Crippen LogP contribution >= 0.6 is 0 Å². The highest BCUT2D eigenvalue weighted by molar-refractivity contribution is 5.21. The molecule has 0 saturated heterocycles. The second-order valence-electron chi connectivity index (χ2n) is 4.16. The zero-order valence-electron chi connectivity index (χ0n) is 8.42. The van der Waals surface area contributed by atoms with E-state index in [0.717, 1.165) is 43.9 Å². The average Bonchev–Trinajstić information content (AvgIpc) is 2.74. The SMILES string of the molecule is OC(c1cc(F)ccc1F)C1CCCC1. The Morgan fingerprint density at radius 3 is 2.53 bits per heavy atom. The Labute approximate surface area is 87.7 Å². The van der Waals surface area contributed by atoms with Crippen LogP contribution in [0.4, 0.5) is 8.78 Å². The molecule has 0 amide bonds. The maximum absolute atomic E-state index is 13.3. The van der Waals surface area contributed by atoms with E-state index in [9.17, 15) is 13.9 Å². The first-order valence-electron chi connectivity index (χ1n) is 5.31. The average molecular weight is 212 g/mol. The van der Waals surface area contributed by atoms with Gasteiger partial charge in [-0.15, -0.1) is 0 Å². The van der Waals surface area contributed by atoms with Gasteiger partial charge in [-0.1, -0.05) is 12.8 Å². The molecule has 15 heavy (non-hydrogen) atoms. The third-order valence-electron chi connectivity index (χ3n) is 3.12. The molecule has 2 rings (SSSR count). The first-order chi connectivity index (χ1) is 7.18. The molecule has 1 nitrogen and oxygen atoms in total. The van der Waals surface area contributed by atoms with Crippen LogP contribution in [0.5, 0.6) is 0 Å². The quantitative estimate of drug-likeness (QED) is 0.798. The van der Waals surface area contributed by atoms with Gasteiger partial charge in [-0.2, -0.15) is 0 Å². The summed E-state index contributed by atoms with van der Waals surface area (Å²) in [5.74, 6) is -0.930. The van der Waals surface area contributed by atoms with Gasteiger partial charge in [-0.3, -0.25) is 0 Å². The van der Waals surface area contributed by atoms with Gasteiger partial charge < -0.3 is 5.11 Å². The van der Waals surface area contributed by atoms with Crippen molar-refractivity contribution >= 4 is 0 Å². The number of aliphatic hydroxyl groups excluding tert-OH is 1. The Morgan fingerprint density at radius 1 is 1.20 bits per heavy atom. The molecule has 1 aliphatic rings. The summed E-state index contributed by atoms with van der Waals surface area (Å²) in [7, 11) is 0. The highest BCUT2D eigenvalue weighted by Crippen LogP contribution is 2.36. The van der Waals surface area contributed by atoms with Crippen LogP contribution in [0.1, 0.15) is 37.4 Å². The fourth-order valence-electron chi connectivity index (χ4n) is 2.27. The normalized spacial score (nSPS) is 19.4. The first-order valence-corrected chi connectivity index (χ1v) is 5.31. The van der Waals surface area contributed by atoms with Gasteiger partial charge in [-0.25, -0.2) is 8.78 Å². The minimum Gasteiger partial charge on any atom is -0.388 e. The molecule has 0 aliphatic heterocycles. The highest BCUT2D eigenvalue weighted by Gasteiger charge is 2.26. The number of aliphatic hydroxyl groups is 1. The molecule has 3 heteroatoms. The molecule has 0 bridgehead atoms. The first kappa shape index (κ1) is 10.6. The Morgan fingerprint density at radius 2 is 1.87 bits per heavy atom. The molecule has 1 aliphatic carbocycles. The van der Waals surface area contributed by atoms with Crippen LogP contribution in [0, 0.1) is 17.6 Å². The molecule has 1 fully saturated rings. The Bertz CT molecular complexity index is 345. The maximum atomic E-state index is 13.3. The number of halogens is 2. The van der Waals surface area contributed by atoms with E-state index in [1.807, 2.05) is 0 Å². The van der Waals surface area contributed by atoms with Crippen molar-refractivity contribution in [3.05, 3.63) is 35.4 Å². The monoisotopic (exact) mass is 212 g/mol. The summed E-state index contributed by atoms with van der Waals surface area (Å²) in [6.07, 6.45) is 3.08. The lowest BCUT2D eigenvalue weighted by atomic mass is 9.94. The Balaban J connectivity index is 2.23. The number of benzene rings is 1. The second kappa shape index (κ2) is 4.27. The van der Waals surface area contributed by atoms with Crippen molar-refractivity contribution in [3.63, 3.8) is 0 Å². The molecular formula is C12H14F2O. The van der Waals surface area contributed by atoms with Crippen LogP contribution in [0.25, 0.3) is 0 Å². The van der Waals surface area contributed by atoms with E-state index in [1.54, 1.807) is 0 Å². The third kappa shape index (κ3) is 2.17. The molecule has 1 unspecified atom stereocenters. The molecule has 0 radical (unpaired) electrons. The molecule has 0 spiro atoms. The zero-order chi connectivity index (χ0) is 10.8. The molecule has 1 N–H and O–H groups in total. The van der Waals surface area contributed by atoms with E-state index in [2.05, 4.69) is 0 Å². The standard InChI is InChI=1S/C12H14F2O/c13-9-5-6-11(14)10(7-9)12(15)8-3-1-2-4-8/h5-8,12,15H,1-4H2. The molecule has 0 aromatic heterocycles. The summed E-state index contributed by atoms with van der Waals surface area (Å²) in [5, 5.41) is 9.92. The summed E-state index contributed by atoms with van der Waals surface area (Å²) in [6, 6.07) is 3.24. The van der Waals surface area contributed by atoms with Crippen LogP contribution in [0.2, 0.25) is 0 Å². The van der Waals surface area contributed by atoms with Gasteiger partial charge in [0.25, 0.3) is 0 Å². The third-order valence-corrected chi connectivity index (χ3v) is 3.12. The molecule has 1 atom stereocenters. The molecule has 82 valence electrons. The van der Waals surface area contributed by atoms with Gasteiger partial charge in [0.15, 0.2) is 0 Å². The lowest BCUT2D eigenvalue weighted by molar-refractivity contribution is 0.107. The number of hydrogen-bond donors (Lipinski definition) is 1. The Hall–Kier alpha value is -0.960. The van der Waals surface area contributed by atoms with Crippen molar-refractivity contribution < 1.29 is 13.9 Å². The summed E-state index contributed by atoms with van der Waals surface area (Å²) < 4.78 is 26.3. The van der Waals surface area contributed by atoms with Crippen LogP contribution < -0.4 is 0 Å². The predicted octanol–water partition coefficient (Wildman–Crippen LogP) is 3.19. The summed E-state index contributed by atoms with van der Waals surface area (Å²) in [5.41, 5.74) is 0.0990. The molecule has 1 aromatic rings. The van der Waals surface area contributed by atoms with Crippen LogP contribution in [0.15, 0.2) is 18.2 Å². The summed E-state index contributed by atoms with van der Waals surface area (Å²) in [4.78, 5) is 0. The molecular weight excluding hydrogens is 198 g/mol. The summed E-state index contributed by atoms with van der Waals surface area (Å²) >= 11 is 0. The van der Waals surface area contributed by atoms with Gasteiger partial charge in [0.05, 0.1) is 6.10 Å². The fraction of sp³-hybridized carbons (Fsp3) is 0.500. The lowest BCUT2D eigenvalue weighted by Crippen LogP contribution is -2.11. The van der Waals surface area contributed by atoms with Crippen molar-refractivity contribution in [2.45, 2.75) is 31.8 Å². The van der Waals surface area contributed by atoms with E-state index in [0.29, 0.717) is 0 Å². The van der Waals surface area contributed by atoms with E-state index in [1.165, 1.54) is 0 Å². The van der Waals surface area contributed by atoms with Gasteiger partial charge >= 0.3 is 0 Å². The molecule has 1 aromatic carbocycles. The minimum absolute atomic E-state index is 0.0845. The van der Waals surface area contributed by atoms with Gasteiger partial charge in [-0.05, 0) is 37.0 Å². The second-order valence-corrected chi connectivity index (χ2v) is 4.16. The van der Waals surface area contributed by atoms with Crippen molar-refractivity contribution in [2.24, 2.45) is 5.92 Å². The van der Waals surface area contributed by atoms with Crippen LogP contribution in [-0.4, -0.2) is 5.11 Å². The fourth-order valence-corrected chi connectivity index (χ4v) is 2.27. The zero-order valence-corrected chi connectivity index (χ0v) is 8.42. The summed E-state index contributed by atoms with van der Waals surface area (Å²) in [6.45, 7) is 0. The molecule has 1 saturated carbocycles. The van der Waals surface area contributed by atoms with E-state index >= 15 is 0 Å². The smallest absolute Gasteiger partial charge is 0.129 e. The van der Waals surface area contributed by atoms with Crippen molar-refractivity contribution in [1.29, 1.82) is 0 Å². The lowest BCUT2D eigenvalue weighted by Gasteiger charge is -2.18. The van der Waals surface area contributed by atoms with E-state index < -0.39 is 17.7 Å². The molecule has 0 heterocycles. The van der Waals surface area contributed by atoms with E-state index in [4.69, 9.17) is 0 Å². The highest BCUT2D eigenvalue weighted by atomic mass is 19.1. The Kier molecular flexibility index (Phi) is 3.00. The largest absolute Gasteiger partial charge is 0.388 e. The van der Waals surface area contributed by atoms with Crippen LogP contribution in [-0.2, 0) is 0 Å². The van der Waals surface area contributed by atoms with Gasteiger partial charge in [0, 0.05) is 5.56 Å².